The Balaban J connectivity index is 1.84. The minimum atomic E-state index is -0.283. The Labute approximate surface area is 119 Å². The number of aromatic nitrogens is 1. The molecule has 0 unspecified atom stereocenters. The van der Waals surface area contributed by atoms with E-state index < -0.39 is 0 Å². The summed E-state index contributed by atoms with van der Waals surface area (Å²) in [6.07, 6.45) is 0.871. The Bertz CT molecular complexity index is 494. The fourth-order valence-electron chi connectivity index (χ4n) is 2.71. The molecule has 1 saturated heterocycles. The van der Waals surface area contributed by atoms with Crippen LogP contribution in [0.15, 0.2) is 10.6 Å². The van der Waals surface area contributed by atoms with Crippen LogP contribution in [0.3, 0.4) is 0 Å². The van der Waals surface area contributed by atoms with Crippen molar-refractivity contribution in [2.75, 3.05) is 11.9 Å². The first-order valence-corrected chi connectivity index (χ1v) is 6.85. The Kier molecular flexibility index (Phi) is 3.88. The molecule has 0 aliphatic carbocycles. The Morgan fingerprint density at radius 1 is 1.45 bits per heavy atom. The van der Waals surface area contributed by atoms with Crippen molar-refractivity contribution in [3.63, 3.8) is 0 Å². The lowest BCUT2D eigenvalue weighted by molar-refractivity contribution is -0.115. The molecule has 0 radical (unpaired) electrons. The molecule has 2 heterocycles. The molecular weight excluding hydrogens is 258 g/mol. The zero-order valence-electron chi connectivity index (χ0n) is 12.7. The number of carbonyl (C=O) groups is 1. The maximum Gasteiger partial charge on any atom is 0.239 e. The van der Waals surface area contributed by atoms with Crippen LogP contribution in [0.1, 0.15) is 39.9 Å². The molecule has 2 rings (SSSR count). The lowest BCUT2D eigenvalue weighted by Crippen LogP contribution is -2.46. The summed E-state index contributed by atoms with van der Waals surface area (Å²) in [5, 5.41) is 9.67. The Hall–Kier alpha value is -1.40. The van der Waals surface area contributed by atoms with Gasteiger partial charge in [0.05, 0.1) is 17.7 Å². The van der Waals surface area contributed by atoms with E-state index in [-0.39, 0.29) is 29.7 Å². The number of ether oxygens (including phenoxy) is 1. The van der Waals surface area contributed by atoms with Crippen molar-refractivity contribution in [2.24, 2.45) is 0 Å². The highest BCUT2D eigenvalue weighted by atomic mass is 16.5. The molecule has 0 bridgehead atoms. The van der Waals surface area contributed by atoms with Crippen molar-refractivity contribution in [1.82, 2.24) is 10.5 Å². The van der Waals surface area contributed by atoms with E-state index in [1.54, 1.807) is 13.0 Å². The third-order valence-electron chi connectivity index (χ3n) is 3.48. The van der Waals surface area contributed by atoms with Gasteiger partial charge in [0.2, 0.25) is 5.91 Å². The van der Waals surface area contributed by atoms with Gasteiger partial charge in [-0.3, -0.25) is 4.79 Å². The number of aryl methyl sites for hydroxylation is 1. The summed E-state index contributed by atoms with van der Waals surface area (Å²) < 4.78 is 10.9. The van der Waals surface area contributed by atoms with E-state index in [0.29, 0.717) is 11.6 Å². The van der Waals surface area contributed by atoms with Gasteiger partial charge in [-0.05, 0) is 41.0 Å². The van der Waals surface area contributed by atoms with Gasteiger partial charge in [-0.15, -0.1) is 0 Å². The fraction of sp³-hybridized carbons (Fsp3) is 0.714. The van der Waals surface area contributed by atoms with Crippen molar-refractivity contribution >= 4 is 11.7 Å². The van der Waals surface area contributed by atoms with Crippen molar-refractivity contribution in [3.8, 4) is 0 Å². The number of nitrogens with zero attached hydrogens (tertiary/aromatic N) is 1. The maximum absolute atomic E-state index is 11.9. The van der Waals surface area contributed by atoms with E-state index in [1.165, 1.54) is 0 Å². The first-order valence-electron chi connectivity index (χ1n) is 6.85. The highest BCUT2D eigenvalue weighted by Gasteiger charge is 2.45. The van der Waals surface area contributed by atoms with Gasteiger partial charge in [-0.25, -0.2) is 0 Å². The molecular formula is C14H23N3O3. The normalized spacial score (nSPS) is 23.8. The Morgan fingerprint density at radius 2 is 2.15 bits per heavy atom. The molecule has 6 nitrogen and oxygen atoms in total. The molecule has 1 aromatic heterocycles. The van der Waals surface area contributed by atoms with E-state index in [9.17, 15) is 4.79 Å². The number of hydrogen-bond acceptors (Lipinski definition) is 5. The van der Waals surface area contributed by atoms with Crippen molar-refractivity contribution < 1.29 is 14.1 Å². The second kappa shape index (κ2) is 5.18. The minimum absolute atomic E-state index is 0.140. The molecule has 0 spiro atoms. The number of hydrogen-bond donors (Lipinski definition) is 2. The molecule has 1 amide bonds. The van der Waals surface area contributed by atoms with E-state index in [2.05, 4.69) is 29.6 Å². The smallest absolute Gasteiger partial charge is 0.239 e. The predicted molar refractivity (Wildman–Crippen MR) is 75.5 cm³/mol. The molecule has 0 saturated carbocycles. The van der Waals surface area contributed by atoms with Crippen LogP contribution in [0.2, 0.25) is 0 Å². The SMILES string of the molecule is Cc1cc(NC(=O)CN[C@H]2CC(C)(C)OC2(C)C)no1. The van der Waals surface area contributed by atoms with Gasteiger partial charge in [0.25, 0.3) is 0 Å². The topological polar surface area (TPSA) is 76.4 Å². The average molecular weight is 281 g/mol. The first kappa shape index (κ1) is 15.0. The third kappa shape index (κ3) is 3.58. The van der Waals surface area contributed by atoms with Crippen LogP contribution in [-0.2, 0) is 9.53 Å². The van der Waals surface area contributed by atoms with E-state index >= 15 is 0 Å². The van der Waals surface area contributed by atoms with Gasteiger partial charge < -0.3 is 19.9 Å². The van der Waals surface area contributed by atoms with Crippen LogP contribution < -0.4 is 10.6 Å². The van der Waals surface area contributed by atoms with Gasteiger partial charge >= 0.3 is 0 Å². The largest absolute Gasteiger partial charge is 0.368 e. The van der Waals surface area contributed by atoms with Gasteiger partial charge in [0.15, 0.2) is 5.82 Å². The standard InChI is InChI=1S/C14H23N3O3/c1-9-6-11(17-19-9)16-12(18)8-15-10-7-13(2,3)20-14(10,4)5/h6,10,15H,7-8H2,1-5H3,(H,16,17,18)/t10-/m0/s1. The Morgan fingerprint density at radius 3 is 2.65 bits per heavy atom. The average Bonchev–Trinajstić information content (AvgIpc) is 2.76. The molecule has 2 N–H and O–H groups in total. The van der Waals surface area contributed by atoms with Gasteiger partial charge in [-0.1, -0.05) is 5.16 Å². The zero-order valence-corrected chi connectivity index (χ0v) is 12.7. The number of anilines is 1. The molecule has 1 aromatic rings. The number of nitrogens with one attached hydrogen (secondary N) is 2. The summed E-state index contributed by atoms with van der Waals surface area (Å²) in [5.74, 6) is 0.968. The number of rotatable bonds is 4. The van der Waals surface area contributed by atoms with Gasteiger partial charge in [0.1, 0.15) is 5.76 Å². The first-order chi connectivity index (χ1) is 9.18. The summed E-state index contributed by atoms with van der Waals surface area (Å²) in [6, 6.07) is 1.83. The van der Waals surface area contributed by atoms with Crippen LogP contribution in [0, 0.1) is 6.92 Å². The van der Waals surface area contributed by atoms with Crippen LogP contribution in [-0.4, -0.2) is 34.9 Å². The van der Waals surface area contributed by atoms with Gasteiger partial charge in [0, 0.05) is 12.1 Å². The van der Waals surface area contributed by atoms with E-state index in [0.717, 1.165) is 6.42 Å². The lowest BCUT2D eigenvalue weighted by Gasteiger charge is -2.27. The van der Waals surface area contributed by atoms with E-state index in [4.69, 9.17) is 9.26 Å². The molecule has 1 aliphatic heterocycles. The van der Waals surface area contributed by atoms with Crippen LogP contribution in [0.4, 0.5) is 5.82 Å². The number of amides is 1. The predicted octanol–water partition coefficient (Wildman–Crippen LogP) is 1.86. The highest BCUT2D eigenvalue weighted by molar-refractivity contribution is 5.91. The van der Waals surface area contributed by atoms with Crippen LogP contribution >= 0.6 is 0 Å². The zero-order chi connectivity index (χ0) is 15.0. The van der Waals surface area contributed by atoms with Crippen LogP contribution in [0.5, 0.6) is 0 Å². The van der Waals surface area contributed by atoms with Crippen molar-refractivity contribution in [3.05, 3.63) is 11.8 Å². The fourth-order valence-corrected chi connectivity index (χ4v) is 2.71. The number of carbonyl (C=O) groups excluding carboxylic acids is 1. The van der Waals surface area contributed by atoms with Crippen molar-refractivity contribution in [2.45, 2.75) is 58.3 Å². The third-order valence-corrected chi connectivity index (χ3v) is 3.48. The molecule has 0 aromatic carbocycles. The molecule has 1 atom stereocenters. The molecule has 1 aliphatic rings. The maximum atomic E-state index is 11.9. The lowest BCUT2D eigenvalue weighted by atomic mass is 9.94. The van der Waals surface area contributed by atoms with Crippen LogP contribution in [0.25, 0.3) is 0 Å². The molecule has 6 heteroatoms. The summed E-state index contributed by atoms with van der Waals surface area (Å²) >= 11 is 0. The highest BCUT2D eigenvalue weighted by Crippen LogP contribution is 2.37. The summed E-state index contributed by atoms with van der Waals surface area (Å²) in [4.78, 5) is 11.9. The quantitative estimate of drug-likeness (QED) is 0.881. The summed E-state index contributed by atoms with van der Waals surface area (Å²) in [5.41, 5.74) is -0.449. The molecule has 112 valence electrons. The van der Waals surface area contributed by atoms with E-state index in [1.807, 2.05) is 13.8 Å². The molecule has 1 fully saturated rings. The second-order valence-corrected chi connectivity index (χ2v) is 6.47. The second-order valence-electron chi connectivity index (χ2n) is 6.47. The summed E-state index contributed by atoms with van der Waals surface area (Å²) in [6.45, 7) is 10.2. The van der Waals surface area contributed by atoms with Crippen molar-refractivity contribution in [1.29, 1.82) is 0 Å². The minimum Gasteiger partial charge on any atom is -0.368 e. The summed E-state index contributed by atoms with van der Waals surface area (Å²) in [7, 11) is 0. The van der Waals surface area contributed by atoms with Gasteiger partial charge in [-0.2, -0.15) is 0 Å². The molecule has 20 heavy (non-hydrogen) atoms. The monoisotopic (exact) mass is 281 g/mol.